The molecule has 1 aliphatic rings. The van der Waals surface area contributed by atoms with Crippen molar-refractivity contribution in [3.63, 3.8) is 0 Å². The second-order valence-corrected chi connectivity index (χ2v) is 9.69. The highest BCUT2D eigenvalue weighted by Gasteiger charge is 2.42. The van der Waals surface area contributed by atoms with Crippen LogP contribution in [0.2, 0.25) is 0 Å². The fraction of sp³-hybridized carbons (Fsp3) is 0.267. The Bertz CT molecular complexity index is 1410. The van der Waals surface area contributed by atoms with Crippen molar-refractivity contribution in [1.82, 2.24) is 15.1 Å². The smallest absolute Gasteiger partial charge is 0.412 e. The topological polar surface area (TPSA) is 116 Å². The highest BCUT2D eigenvalue weighted by atomic mass is 19.1. The molecule has 0 aliphatic carbocycles. The molecule has 3 amide bonds. The molecule has 0 spiro atoms. The van der Waals surface area contributed by atoms with Crippen molar-refractivity contribution in [2.45, 2.75) is 38.6 Å². The van der Waals surface area contributed by atoms with E-state index in [1.165, 1.54) is 0 Å². The van der Waals surface area contributed by atoms with Gasteiger partial charge in [0.25, 0.3) is 11.8 Å². The number of aryl methyl sites for hydroxylation is 1. The van der Waals surface area contributed by atoms with Gasteiger partial charge < -0.3 is 20.1 Å². The number of ether oxygens (including phenoxy) is 1. The molecular formula is C30H29F2N3O6. The minimum absolute atomic E-state index is 0.00837. The summed E-state index contributed by atoms with van der Waals surface area (Å²) >= 11 is 0. The van der Waals surface area contributed by atoms with Crippen LogP contribution in [0.1, 0.15) is 45.9 Å². The van der Waals surface area contributed by atoms with Crippen molar-refractivity contribution < 1.29 is 37.8 Å². The number of carbonyl (C=O) groups excluding carboxylic acids is 3. The lowest BCUT2D eigenvalue weighted by molar-refractivity contribution is -0.139. The van der Waals surface area contributed by atoms with Gasteiger partial charge in [-0.2, -0.15) is 0 Å². The highest BCUT2D eigenvalue weighted by Crippen LogP contribution is 2.24. The summed E-state index contributed by atoms with van der Waals surface area (Å²) < 4.78 is 33.4. The van der Waals surface area contributed by atoms with E-state index in [4.69, 9.17) is 4.74 Å². The van der Waals surface area contributed by atoms with Gasteiger partial charge in [0.05, 0.1) is 12.5 Å². The second-order valence-electron chi connectivity index (χ2n) is 9.69. The van der Waals surface area contributed by atoms with Gasteiger partial charge in [0, 0.05) is 24.7 Å². The molecule has 2 unspecified atom stereocenters. The molecule has 0 bridgehead atoms. The predicted octanol–water partition coefficient (Wildman–Crippen LogP) is 4.42. The Kier molecular flexibility index (Phi) is 9.28. The first kappa shape index (κ1) is 29.2. The molecule has 3 aromatic carbocycles. The molecule has 9 nitrogen and oxygen atoms in total. The number of hydrogen-bond acceptors (Lipinski definition) is 5. The van der Waals surface area contributed by atoms with Gasteiger partial charge in [-0.1, -0.05) is 60.2 Å². The molecule has 2 N–H and O–H groups in total. The first-order chi connectivity index (χ1) is 19.6. The molecule has 0 radical (unpaired) electrons. The van der Waals surface area contributed by atoms with Gasteiger partial charge in [0.15, 0.2) is 6.17 Å². The Morgan fingerprint density at radius 3 is 2.29 bits per heavy atom. The van der Waals surface area contributed by atoms with Crippen molar-refractivity contribution in [2.75, 3.05) is 13.1 Å². The number of nitrogens with one attached hydrogen (secondary N) is 1. The van der Waals surface area contributed by atoms with Gasteiger partial charge in [-0.05, 0) is 36.6 Å². The van der Waals surface area contributed by atoms with Crippen LogP contribution < -0.4 is 5.32 Å². The maximum absolute atomic E-state index is 14.0. The fourth-order valence-corrected chi connectivity index (χ4v) is 4.72. The summed E-state index contributed by atoms with van der Waals surface area (Å²) in [6.45, 7) is 1.75. The Morgan fingerprint density at radius 1 is 0.951 bits per heavy atom. The molecule has 0 saturated carbocycles. The van der Waals surface area contributed by atoms with Crippen LogP contribution in [0.15, 0.2) is 72.8 Å². The molecule has 11 heteroatoms. The monoisotopic (exact) mass is 565 g/mol. The van der Waals surface area contributed by atoms with Gasteiger partial charge in [-0.25, -0.2) is 13.6 Å². The summed E-state index contributed by atoms with van der Waals surface area (Å²) in [5.74, 6) is -4.87. The van der Waals surface area contributed by atoms with Crippen molar-refractivity contribution >= 4 is 23.9 Å². The molecule has 1 fully saturated rings. The summed E-state index contributed by atoms with van der Waals surface area (Å²) in [6.07, 6.45) is -2.68. The van der Waals surface area contributed by atoms with Gasteiger partial charge >= 0.3 is 12.1 Å². The van der Waals surface area contributed by atoms with Crippen LogP contribution in [-0.2, 0) is 20.9 Å². The minimum Gasteiger partial charge on any atom is -0.481 e. The van der Waals surface area contributed by atoms with Crippen LogP contribution in [0.5, 0.6) is 0 Å². The number of benzene rings is 3. The first-order valence-electron chi connectivity index (χ1n) is 13.0. The predicted molar refractivity (Wildman–Crippen MR) is 143 cm³/mol. The van der Waals surface area contributed by atoms with Crippen molar-refractivity contribution in [3.05, 3.63) is 107 Å². The molecule has 1 saturated heterocycles. The SMILES string of the molecule is Cc1cccc(C(CC(=O)O)NC(=O)C2N(C(=O)OCc3ccccc3)CCCN2C(=O)c2cc(F)cc(F)c2)c1. The molecule has 1 heterocycles. The number of rotatable bonds is 8. The number of carboxylic acid groups (broad SMARTS) is 1. The zero-order chi connectivity index (χ0) is 29.5. The van der Waals surface area contributed by atoms with Crippen LogP contribution in [0.3, 0.4) is 0 Å². The summed E-state index contributed by atoms with van der Waals surface area (Å²) in [6, 6.07) is 17.1. The summed E-state index contributed by atoms with van der Waals surface area (Å²) in [5.41, 5.74) is 1.70. The van der Waals surface area contributed by atoms with E-state index in [2.05, 4.69) is 5.32 Å². The molecule has 1 aliphatic heterocycles. The summed E-state index contributed by atoms with van der Waals surface area (Å²) in [5, 5.41) is 12.2. The summed E-state index contributed by atoms with van der Waals surface area (Å²) in [7, 11) is 0. The number of hydrogen-bond donors (Lipinski definition) is 2. The fourth-order valence-electron chi connectivity index (χ4n) is 4.72. The van der Waals surface area contributed by atoms with Crippen LogP contribution >= 0.6 is 0 Å². The molecule has 214 valence electrons. The standard InChI is InChI=1S/C30H29F2N3O6/c1-19-7-5-10-21(13-19)25(17-26(36)37)33-27(38)28-34(29(39)22-14-23(31)16-24(32)15-22)11-6-12-35(28)30(40)41-18-20-8-3-2-4-9-20/h2-5,7-10,13-16,25,28H,6,11-12,17-18H2,1H3,(H,33,38)(H,36,37). The lowest BCUT2D eigenvalue weighted by atomic mass is 10.0. The third-order valence-corrected chi connectivity index (χ3v) is 6.57. The number of nitrogens with zero attached hydrogens (tertiary/aromatic N) is 2. The van der Waals surface area contributed by atoms with Crippen LogP contribution in [0, 0.1) is 18.6 Å². The Labute approximate surface area is 235 Å². The van der Waals surface area contributed by atoms with E-state index in [1.54, 1.807) is 48.5 Å². The molecule has 0 aromatic heterocycles. The van der Waals surface area contributed by atoms with Crippen LogP contribution in [-0.4, -0.2) is 58.0 Å². The van der Waals surface area contributed by atoms with E-state index in [0.29, 0.717) is 17.2 Å². The number of carboxylic acids is 1. The van der Waals surface area contributed by atoms with E-state index < -0.39 is 54.1 Å². The highest BCUT2D eigenvalue weighted by molar-refractivity contribution is 5.98. The van der Waals surface area contributed by atoms with Crippen molar-refractivity contribution in [3.8, 4) is 0 Å². The lowest BCUT2D eigenvalue weighted by Crippen LogP contribution is -2.63. The molecule has 2 atom stereocenters. The maximum atomic E-state index is 14.0. The van der Waals surface area contributed by atoms with Gasteiger partial charge in [-0.15, -0.1) is 0 Å². The van der Waals surface area contributed by atoms with E-state index in [-0.39, 0.29) is 31.7 Å². The van der Waals surface area contributed by atoms with Crippen LogP contribution in [0.25, 0.3) is 0 Å². The van der Waals surface area contributed by atoms with E-state index in [9.17, 15) is 33.1 Å². The lowest BCUT2D eigenvalue weighted by Gasteiger charge is -2.42. The van der Waals surface area contributed by atoms with E-state index in [0.717, 1.165) is 27.5 Å². The molecule has 3 aromatic rings. The number of amides is 3. The molecular weight excluding hydrogens is 536 g/mol. The van der Waals surface area contributed by atoms with Gasteiger partial charge in [0.1, 0.15) is 18.2 Å². The molecule has 41 heavy (non-hydrogen) atoms. The second kappa shape index (κ2) is 13.0. The number of carbonyl (C=O) groups is 4. The Hall–Kier alpha value is -4.80. The zero-order valence-corrected chi connectivity index (χ0v) is 22.3. The minimum atomic E-state index is -1.58. The third-order valence-electron chi connectivity index (χ3n) is 6.57. The first-order valence-corrected chi connectivity index (χ1v) is 13.0. The average molecular weight is 566 g/mol. The Balaban J connectivity index is 1.66. The summed E-state index contributed by atoms with van der Waals surface area (Å²) in [4.78, 5) is 54.3. The van der Waals surface area contributed by atoms with E-state index in [1.807, 2.05) is 13.0 Å². The normalized spacial score (nSPS) is 15.6. The molecule has 4 rings (SSSR count). The Morgan fingerprint density at radius 2 is 1.63 bits per heavy atom. The maximum Gasteiger partial charge on any atom is 0.412 e. The van der Waals surface area contributed by atoms with Crippen molar-refractivity contribution in [1.29, 1.82) is 0 Å². The average Bonchev–Trinajstić information content (AvgIpc) is 2.94. The largest absolute Gasteiger partial charge is 0.481 e. The number of aliphatic carboxylic acids is 1. The van der Waals surface area contributed by atoms with Gasteiger partial charge in [0.2, 0.25) is 0 Å². The number of halogens is 2. The quantitative estimate of drug-likeness (QED) is 0.418. The van der Waals surface area contributed by atoms with Gasteiger partial charge in [-0.3, -0.25) is 19.3 Å². The van der Waals surface area contributed by atoms with E-state index >= 15 is 0 Å². The van der Waals surface area contributed by atoms with Crippen molar-refractivity contribution in [2.24, 2.45) is 0 Å². The zero-order valence-electron chi connectivity index (χ0n) is 22.3. The van der Waals surface area contributed by atoms with Crippen LogP contribution in [0.4, 0.5) is 13.6 Å². The third kappa shape index (κ3) is 7.44.